The lowest BCUT2D eigenvalue weighted by Gasteiger charge is -2.26. The van der Waals surface area contributed by atoms with Crippen molar-refractivity contribution < 1.29 is 14.5 Å². The number of nitrogens with one attached hydrogen (secondary N) is 1. The number of hydrogen-bond acceptors (Lipinski definition) is 7. The van der Waals surface area contributed by atoms with Crippen molar-refractivity contribution >= 4 is 22.9 Å². The molecule has 2 aromatic heterocycles. The van der Waals surface area contributed by atoms with Crippen LogP contribution in [0.1, 0.15) is 16.1 Å². The van der Waals surface area contributed by atoms with Crippen molar-refractivity contribution in [1.29, 1.82) is 0 Å². The van der Waals surface area contributed by atoms with Crippen molar-refractivity contribution in [3.63, 3.8) is 0 Å². The van der Waals surface area contributed by atoms with Gasteiger partial charge >= 0.3 is 0 Å². The summed E-state index contributed by atoms with van der Waals surface area (Å²) in [6.45, 7) is 6.15. The maximum absolute atomic E-state index is 13.2. The average Bonchev–Trinajstić information content (AvgIpc) is 3.34. The van der Waals surface area contributed by atoms with Crippen molar-refractivity contribution in [2.45, 2.75) is 6.92 Å². The van der Waals surface area contributed by atoms with Crippen LogP contribution in [0.5, 0.6) is 0 Å². The number of benzene rings is 1. The minimum atomic E-state index is -0.431. The molecule has 0 radical (unpaired) electrons. The molecule has 4 rings (SSSR count). The number of non-ortho nitro benzene ring substituents is 1. The standard InChI is InChI=1S/C23H24N4O4S/c1-16-22(23(28)24-7-8-26-9-11-31-12-10-26)19(15-20(25-16)21-6-3-13-32-21)17-4-2-5-18(14-17)27(29)30/h2-6,13-15H,7-12H2,1H3,(H,24,28). The summed E-state index contributed by atoms with van der Waals surface area (Å²) < 4.78 is 5.36. The highest BCUT2D eigenvalue weighted by atomic mass is 32.1. The van der Waals surface area contributed by atoms with Gasteiger partial charge in [-0.25, -0.2) is 0 Å². The first kappa shape index (κ1) is 22.1. The lowest BCUT2D eigenvalue weighted by atomic mass is 9.96. The van der Waals surface area contributed by atoms with Crippen LogP contribution in [0.4, 0.5) is 5.69 Å². The van der Waals surface area contributed by atoms with Gasteiger partial charge in [-0.15, -0.1) is 11.3 Å². The molecule has 0 aliphatic carbocycles. The second-order valence-electron chi connectivity index (χ2n) is 7.51. The lowest BCUT2D eigenvalue weighted by molar-refractivity contribution is -0.384. The zero-order valence-electron chi connectivity index (χ0n) is 17.7. The van der Waals surface area contributed by atoms with Crippen LogP contribution in [0.25, 0.3) is 21.7 Å². The third-order valence-electron chi connectivity index (χ3n) is 5.39. The first-order chi connectivity index (χ1) is 15.5. The van der Waals surface area contributed by atoms with Gasteiger partial charge in [-0.2, -0.15) is 0 Å². The van der Waals surface area contributed by atoms with Gasteiger partial charge in [-0.3, -0.25) is 24.8 Å². The molecule has 1 aliphatic heterocycles. The Hall–Kier alpha value is -3.14. The number of pyridine rings is 1. The largest absolute Gasteiger partial charge is 0.379 e. The van der Waals surface area contributed by atoms with E-state index in [1.54, 1.807) is 30.4 Å². The average molecular weight is 453 g/mol. The van der Waals surface area contributed by atoms with E-state index in [4.69, 9.17) is 4.74 Å². The Labute approximate surface area is 190 Å². The molecule has 32 heavy (non-hydrogen) atoms. The number of ether oxygens (including phenoxy) is 1. The highest BCUT2D eigenvalue weighted by Gasteiger charge is 2.21. The Morgan fingerprint density at radius 2 is 2.06 bits per heavy atom. The van der Waals surface area contributed by atoms with Crippen molar-refractivity contribution in [2.75, 3.05) is 39.4 Å². The molecule has 9 heteroatoms. The third kappa shape index (κ3) is 5.01. The van der Waals surface area contributed by atoms with Crippen molar-refractivity contribution in [2.24, 2.45) is 0 Å². The van der Waals surface area contributed by atoms with Gasteiger partial charge in [0.05, 0.1) is 40.0 Å². The quantitative estimate of drug-likeness (QED) is 0.433. The van der Waals surface area contributed by atoms with Crippen LogP contribution in [0.15, 0.2) is 47.8 Å². The van der Waals surface area contributed by atoms with Crippen LogP contribution in [-0.4, -0.2) is 60.1 Å². The second-order valence-corrected chi connectivity index (χ2v) is 8.46. The highest BCUT2D eigenvalue weighted by molar-refractivity contribution is 7.13. The molecule has 166 valence electrons. The first-order valence-electron chi connectivity index (χ1n) is 10.4. The Balaban J connectivity index is 1.66. The number of aromatic nitrogens is 1. The van der Waals surface area contributed by atoms with E-state index in [-0.39, 0.29) is 11.6 Å². The minimum Gasteiger partial charge on any atom is -0.379 e. The minimum absolute atomic E-state index is 0.0201. The molecule has 0 spiro atoms. The van der Waals surface area contributed by atoms with Gasteiger partial charge in [0, 0.05) is 38.3 Å². The molecule has 0 unspecified atom stereocenters. The van der Waals surface area contributed by atoms with Gasteiger partial charge in [0.2, 0.25) is 0 Å². The Kier molecular flexibility index (Phi) is 6.89. The molecule has 1 amide bonds. The fraction of sp³-hybridized carbons (Fsp3) is 0.304. The van der Waals surface area contributed by atoms with E-state index in [2.05, 4.69) is 15.2 Å². The number of carbonyl (C=O) groups is 1. The van der Waals surface area contributed by atoms with E-state index in [0.29, 0.717) is 42.1 Å². The van der Waals surface area contributed by atoms with Crippen LogP contribution >= 0.6 is 11.3 Å². The van der Waals surface area contributed by atoms with Gasteiger partial charge in [0.15, 0.2) is 0 Å². The zero-order chi connectivity index (χ0) is 22.5. The SMILES string of the molecule is Cc1nc(-c2cccs2)cc(-c2cccc([N+](=O)[O-])c2)c1C(=O)NCCN1CCOCC1. The molecule has 0 atom stereocenters. The number of thiophene rings is 1. The zero-order valence-corrected chi connectivity index (χ0v) is 18.6. The predicted molar refractivity (Wildman–Crippen MR) is 124 cm³/mol. The third-order valence-corrected chi connectivity index (χ3v) is 6.28. The molecule has 0 bridgehead atoms. The van der Waals surface area contributed by atoms with Crippen molar-refractivity contribution in [1.82, 2.24) is 15.2 Å². The van der Waals surface area contributed by atoms with E-state index < -0.39 is 4.92 Å². The smallest absolute Gasteiger partial charge is 0.270 e. The number of hydrogen-bond donors (Lipinski definition) is 1. The number of nitro benzene ring substituents is 1. The Morgan fingerprint density at radius 3 is 2.78 bits per heavy atom. The first-order valence-corrected chi connectivity index (χ1v) is 11.3. The summed E-state index contributed by atoms with van der Waals surface area (Å²) in [6.07, 6.45) is 0. The van der Waals surface area contributed by atoms with E-state index in [0.717, 1.165) is 30.2 Å². The maximum atomic E-state index is 13.2. The second kappa shape index (κ2) is 9.99. The molecule has 8 nitrogen and oxygen atoms in total. The summed E-state index contributed by atoms with van der Waals surface area (Å²) in [7, 11) is 0. The molecular weight excluding hydrogens is 428 g/mol. The summed E-state index contributed by atoms with van der Waals surface area (Å²) in [4.78, 5) is 32.0. The number of aryl methyl sites for hydroxylation is 1. The van der Waals surface area contributed by atoms with Crippen LogP contribution in [0.2, 0.25) is 0 Å². The predicted octanol–water partition coefficient (Wildman–Crippen LogP) is 3.76. The van der Waals surface area contributed by atoms with Crippen LogP contribution < -0.4 is 5.32 Å². The number of nitrogens with zero attached hydrogens (tertiary/aromatic N) is 3. The van der Waals surface area contributed by atoms with E-state index in [1.807, 2.05) is 23.6 Å². The molecule has 3 aromatic rings. The van der Waals surface area contributed by atoms with Crippen LogP contribution in [-0.2, 0) is 4.74 Å². The van der Waals surface area contributed by atoms with Crippen LogP contribution in [0.3, 0.4) is 0 Å². The van der Waals surface area contributed by atoms with E-state index in [1.165, 1.54) is 12.1 Å². The molecule has 0 saturated carbocycles. The van der Waals surface area contributed by atoms with Gasteiger partial charge in [-0.05, 0) is 35.6 Å². The summed E-state index contributed by atoms with van der Waals surface area (Å²) >= 11 is 1.55. The highest BCUT2D eigenvalue weighted by Crippen LogP contribution is 2.33. The molecule has 1 saturated heterocycles. The number of amides is 1. The Morgan fingerprint density at radius 1 is 1.25 bits per heavy atom. The van der Waals surface area contributed by atoms with Gasteiger partial charge in [0.1, 0.15) is 0 Å². The van der Waals surface area contributed by atoms with Crippen molar-refractivity contribution in [3.05, 3.63) is 69.2 Å². The van der Waals surface area contributed by atoms with Crippen LogP contribution in [0, 0.1) is 17.0 Å². The van der Waals surface area contributed by atoms with Crippen molar-refractivity contribution in [3.8, 4) is 21.7 Å². The fourth-order valence-corrected chi connectivity index (χ4v) is 4.45. The van der Waals surface area contributed by atoms with Gasteiger partial charge < -0.3 is 10.1 Å². The number of morpholine rings is 1. The fourth-order valence-electron chi connectivity index (χ4n) is 3.77. The molecule has 1 fully saturated rings. The van der Waals surface area contributed by atoms with E-state index in [9.17, 15) is 14.9 Å². The summed E-state index contributed by atoms with van der Waals surface area (Å²) in [6, 6.07) is 12.1. The molecule has 1 aliphatic rings. The summed E-state index contributed by atoms with van der Waals surface area (Å²) in [5, 5.41) is 16.3. The molecular formula is C23H24N4O4S. The van der Waals surface area contributed by atoms with Gasteiger partial charge in [-0.1, -0.05) is 18.2 Å². The lowest BCUT2D eigenvalue weighted by Crippen LogP contribution is -2.41. The van der Waals surface area contributed by atoms with Gasteiger partial charge in [0.25, 0.3) is 11.6 Å². The number of carbonyl (C=O) groups excluding carboxylic acids is 1. The number of rotatable bonds is 7. The maximum Gasteiger partial charge on any atom is 0.270 e. The summed E-state index contributed by atoms with van der Waals surface area (Å²) in [5.41, 5.74) is 2.99. The molecule has 1 N–H and O–H groups in total. The molecule has 3 heterocycles. The molecule has 1 aromatic carbocycles. The normalized spacial score (nSPS) is 14.3. The number of nitro groups is 1. The Bertz CT molecular complexity index is 1110. The van der Waals surface area contributed by atoms with E-state index >= 15 is 0 Å². The topological polar surface area (TPSA) is 97.6 Å². The monoisotopic (exact) mass is 452 g/mol. The summed E-state index contributed by atoms with van der Waals surface area (Å²) in [5.74, 6) is -0.234.